The van der Waals surface area contributed by atoms with E-state index in [-0.39, 0.29) is 18.9 Å². The van der Waals surface area contributed by atoms with E-state index in [1.165, 1.54) is 0 Å². The summed E-state index contributed by atoms with van der Waals surface area (Å²) in [4.78, 5) is 15.0. The fourth-order valence-corrected chi connectivity index (χ4v) is 1.92. The second-order valence-corrected chi connectivity index (χ2v) is 4.33. The molecule has 0 bridgehead atoms. The Kier molecular flexibility index (Phi) is 3.39. The van der Waals surface area contributed by atoms with Crippen molar-refractivity contribution in [3.8, 4) is 11.5 Å². The van der Waals surface area contributed by atoms with Gasteiger partial charge in [-0.1, -0.05) is 6.07 Å². The van der Waals surface area contributed by atoms with Gasteiger partial charge >= 0.3 is 0 Å². The summed E-state index contributed by atoms with van der Waals surface area (Å²) in [6.07, 6.45) is 1.04. The van der Waals surface area contributed by atoms with Gasteiger partial charge in [0.1, 0.15) is 0 Å². The molecule has 0 saturated heterocycles. The third-order valence-corrected chi connectivity index (χ3v) is 2.98. The third-order valence-electron chi connectivity index (χ3n) is 2.98. The van der Waals surface area contributed by atoms with Crippen LogP contribution < -0.4 is 14.8 Å². The number of halogens is 2. The van der Waals surface area contributed by atoms with Crippen LogP contribution in [0.5, 0.6) is 11.5 Å². The summed E-state index contributed by atoms with van der Waals surface area (Å²) in [6, 6.07) is 6.30. The minimum absolute atomic E-state index is 0.152. The second-order valence-electron chi connectivity index (χ2n) is 4.33. The largest absolute Gasteiger partial charge is 0.454 e. The van der Waals surface area contributed by atoms with Gasteiger partial charge in [0.2, 0.25) is 12.7 Å². The van der Waals surface area contributed by atoms with Crippen molar-refractivity contribution < 1.29 is 23.0 Å². The number of hydrogen-bond donors (Lipinski definition) is 1. The smallest absolute Gasteiger partial charge is 0.254 e. The molecular weight excluding hydrogens is 282 g/mol. The number of hydrogen-bond acceptors (Lipinski definition) is 4. The van der Waals surface area contributed by atoms with Crippen LogP contribution in [0.15, 0.2) is 30.5 Å². The van der Waals surface area contributed by atoms with Crippen LogP contribution in [-0.4, -0.2) is 17.7 Å². The van der Waals surface area contributed by atoms with E-state index in [2.05, 4.69) is 10.3 Å². The van der Waals surface area contributed by atoms with Crippen LogP contribution in [0.1, 0.15) is 15.9 Å². The van der Waals surface area contributed by atoms with Crippen LogP contribution in [0.4, 0.5) is 8.78 Å². The highest BCUT2D eigenvalue weighted by molar-refractivity contribution is 5.94. The normalized spacial score (nSPS) is 12.3. The number of carbonyl (C=O) groups is 1. The Morgan fingerprint density at radius 2 is 2.05 bits per heavy atom. The zero-order chi connectivity index (χ0) is 14.8. The Labute approximate surface area is 118 Å². The lowest BCUT2D eigenvalue weighted by atomic mass is 10.2. The fourth-order valence-electron chi connectivity index (χ4n) is 1.92. The average Bonchev–Trinajstić information content (AvgIpc) is 2.95. The molecule has 3 rings (SSSR count). The molecule has 1 aromatic carbocycles. The number of ether oxygens (including phenoxy) is 2. The Hall–Kier alpha value is -2.70. The molecule has 0 aliphatic carbocycles. The molecule has 0 saturated carbocycles. The molecule has 7 heteroatoms. The number of carbonyl (C=O) groups excluding carboxylic acids is 1. The molecule has 0 unspecified atom stereocenters. The maximum absolute atomic E-state index is 13.4. The monoisotopic (exact) mass is 292 g/mol. The van der Waals surface area contributed by atoms with Crippen LogP contribution in [-0.2, 0) is 6.54 Å². The number of nitrogens with one attached hydrogen (secondary N) is 1. The van der Waals surface area contributed by atoms with Gasteiger partial charge < -0.3 is 14.8 Å². The van der Waals surface area contributed by atoms with Gasteiger partial charge in [-0.25, -0.2) is 9.37 Å². The fraction of sp³-hybridized carbons (Fsp3) is 0.143. The number of aromatic nitrogens is 1. The zero-order valence-corrected chi connectivity index (χ0v) is 10.7. The predicted molar refractivity (Wildman–Crippen MR) is 67.9 cm³/mol. The van der Waals surface area contributed by atoms with Gasteiger partial charge in [-0.15, -0.1) is 0 Å². The van der Waals surface area contributed by atoms with Crippen molar-refractivity contribution in [1.29, 1.82) is 0 Å². The van der Waals surface area contributed by atoms with Gasteiger partial charge in [0.15, 0.2) is 17.3 Å². The first-order chi connectivity index (χ1) is 10.1. The quantitative estimate of drug-likeness (QED) is 0.879. The van der Waals surface area contributed by atoms with E-state index in [0.29, 0.717) is 11.5 Å². The molecule has 2 heterocycles. The number of fused-ring (bicyclic) bond motifs is 1. The maximum Gasteiger partial charge on any atom is 0.254 e. The molecule has 0 atom stereocenters. The van der Waals surface area contributed by atoms with E-state index in [1.807, 2.05) is 0 Å². The lowest BCUT2D eigenvalue weighted by Crippen LogP contribution is -2.24. The van der Waals surface area contributed by atoms with Crippen molar-refractivity contribution in [2.75, 3.05) is 6.79 Å². The number of nitrogens with zero attached hydrogens (tertiary/aromatic N) is 1. The predicted octanol–water partition coefficient (Wildman–Crippen LogP) is 2.02. The van der Waals surface area contributed by atoms with Crippen molar-refractivity contribution in [3.05, 3.63) is 53.4 Å². The summed E-state index contributed by atoms with van der Waals surface area (Å²) < 4.78 is 36.8. The Balaban J connectivity index is 1.70. The molecular formula is C14H10F2N2O3. The summed E-state index contributed by atoms with van der Waals surface area (Å²) >= 11 is 0. The maximum atomic E-state index is 13.4. The summed E-state index contributed by atoms with van der Waals surface area (Å²) in [7, 11) is 0. The average molecular weight is 292 g/mol. The van der Waals surface area contributed by atoms with Crippen LogP contribution in [0, 0.1) is 11.8 Å². The first-order valence-corrected chi connectivity index (χ1v) is 6.12. The topological polar surface area (TPSA) is 60.5 Å². The van der Waals surface area contributed by atoms with Crippen molar-refractivity contribution in [3.63, 3.8) is 0 Å². The molecule has 1 aliphatic rings. The van der Waals surface area contributed by atoms with E-state index in [4.69, 9.17) is 9.47 Å². The molecule has 5 nitrogen and oxygen atoms in total. The minimum atomic E-state index is -1.30. The van der Waals surface area contributed by atoms with Crippen molar-refractivity contribution in [1.82, 2.24) is 10.3 Å². The van der Waals surface area contributed by atoms with Crippen LogP contribution in [0.25, 0.3) is 0 Å². The summed E-state index contributed by atoms with van der Waals surface area (Å²) in [5, 5.41) is 2.50. The van der Waals surface area contributed by atoms with Crippen LogP contribution >= 0.6 is 0 Å². The van der Waals surface area contributed by atoms with E-state index in [1.54, 1.807) is 18.2 Å². The van der Waals surface area contributed by atoms with Crippen LogP contribution in [0.2, 0.25) is 0 Å². The summed E-state index contributed by atoms with van der Waals surface area (Å²) in [6.45, 7) is 0.311. The SMILES string of the molecule is O=C(NCc1ccc2c(c1)OCO2)c1ccnc(F)c1F. The van der Waals surface area contributed by atoms with Crippen LogP contribution in [0.3, 0.4) is 0 Å². The standard InChI is InChI=1S/C14H10F2N2O3/c15-12-9(3-4-17-13(12)16)14(19)18-6-8-1-2-10-11(5-8)21-7-20-10/h1-5H,6-7H2,(H,18,19). The second kappa shape index (κ2) is 5.35. The highest BCUT2D eigenvalue weighted by Crippen LogP contribution is 2.32. The highest BCUT2D eigenvalue weighted by Gasteiger charge is 2.17. The molecule has 0 spiro atoms. The minimum Gasteiger partial charge on any atom is -0.454 e. The Bertz CT molecular complexity index is 707. The molecule has 1 N–H and O–H groups in total. The van der Waals surface area contributed by atoms with Crippen molar-refractivity contribution in [2.45, 2.75) is 6.54 Å². The molecule has 1 amide bonds. The molecule has 108 valence electrons. The van der Waals surface area contributed by atoms with E-state index in [9.17, 15) is 13.6 Å². The molecule has 1 aliphatic heterocycles. The Morgan fingerprint density at radius 1 is 1.24 bits per heavy atom. The van der Waals surface area contributed by atoms with Gasteiger partial charge in [0.05, 0.1) is 5.56 Å². The van der Waals surface area contributed by atoms with Gasteiger partial charge in [-0.05, 0) is 23.8 Å². The van der Waals surface area contributed by atoms with E-state index in [0.717, 1.165) is 17.8 Å². The number of benzene rings is 1. The van der Waals surface area contributed by atoms with Gasteiger partial charge in [0, 0.05) is 12.7 Å². The highest BCUT2D eigenvalue weighted by atomic mass is 19.2. The van der Waals surface area contributed by atoms with E-state index < -0.39 is 17.7 Å². The zero-order valence-electron chi connectivity index (χ0n) is 10.7. The lowest BCUT2D eigenvalue weighted by molar-refractivity contribution is 0.0945. The van der Waals surface area contributed by atoms with Gasteiger partial charge in [-0.2, -0.15) is 4.39 Å². The summed E-state index contributed by atoms with van der Waals surface area (Å²) in [5.74, 6) is -2.06. The van der Waals surface area contributed by atoms with Gasteiger partial charge in [-0.3, -0.25) is 4.79 Å². The van der Waals surface area contributed by atoms with Gasteiger partial charge in [0.25, 0.3) is 5.91 Å². The number of pyridine rings is 1. The van der Waals surface area contributed by atoms with Crippen molar-refractivity contribution >= 4 is 5.91 Å². The third kappa shape index (κ3) is 2.62. The first kappa shape index (κ1) is 13.3. The molecule has 21 heavy (non-hydrogen) atoms. The Morgan fingerprint density at radius 3 is 2.90 bits per heavy atom. The lowest BCUT2D eigenvalue weighted by Gasteiger charge is -2.07. The summed E-state index contributed by atoms with van der Waals surface area (Å²) in [5.41, 5.74) is 0.366. The van der Waals surface area contributed by atoms with Crippen molar-refractivity contribution in [2.24, 2.45) is 0 Å². The molecule has 0 radical (unpaired) electrons. The number of rotatable bonds is 3. The van der Waals surface area contributed by atoms with E-state index >= 15 is 0 Å². The number of amides is 1. The molecule has 0 fully saturated rings. The molecule has 2 aromatic rings. The first-order valence-electron chi connectivity index (χ1n) is 6.12. The molecule has 1 aromatic heterocycles.